The molecule has 0 aliphatic carbocycles. The molecule has 7 heteroatoms. The summed E-state index contributed by atoms with van der Waals surface area (Å²) in [6.07, 6.45) is 2.37. The predicted molar refractivity (Wildman–Crippen MR) is 118 cm³/mol. The Morgan fingerprint density at radius 1 is 1.06 bits per heavy atom. The third-order valence-corrected chi connectivity index (χ3v) is 5.11. The van der Waals surface area contributed by atoms with E-state index in [0.29, 0.717) is 19.4 Å². The zero-order chi connectivity index (χ0) is 22.3. The van der Waals surface area contributed by atoms with Crippen LogP contribution in [-0.4, -0.2) is 39.9 Å². The molecule has 1 amide bonds. The predicted octanol–water partition coefficient (Wildman–Crippen LogP) is 3.79. The molecule has 1 aromatic heterocycles. The Bertz CT molecular complexity index is 983. The Labute approximate surface area is 182 Å². The maximum Gasteiger partial charge on any atom is 0.311 e. The van der Waals surface area contributed by atoms with Crippen molar-refractivity contribution in [2.75, 3.05) is 6.61 Å². The second kappa shape index (κ2) is 10.0. The van der Waals surface area contributed by atoms with Crippen molar-refractivity contribution in [2.24, 2.45) is 5.41 Å². The Morgan fingerprint density at radius 3 is 2.35 bits per heavy atom. The van der Waals surface area contributed by atoms with Gasteiger partial charge in [-0.2, -0.15) is 15.4 Å². The largest absolute Gasteiger partial charge is 0.466 e. The van der Waals surface area contributed by atoms with E-state index >= 15 is 0 Å². The molecule has 3 rings (SSSR count). The fourth-order valence-corrected chi connectivity index (χ4v) is 3.52. The van der Waals surface area contributed by atoms with Crippen LogP contribution in [-0.2, 0) is 16.0 Å². The summed E-state index contributed by atoms with van der Waals surface area (Å²) >= 11 is 0. The number of aromatic nitrogens is 3. The minimum absolute atomic E-state index is 0.207. The Morgan fingerprint density at radius 2 is 1.74 bits per heavy atom. The number of ether oxygens (including phenoxy) is 1. The second-order valence-corrected chi connectivity index (χ2v) is 8.10. The first-order valence-electron chi connectivity index (χ1n) is 10.4. The van der Waals surface area contributed by atoms with Crippen LogP contribution in [0.3, 0.4) is 0 Å². The fraction of sp³-hybridized carbons (Fsp3) is 0.333. The van der Waals surface area contributed by atoms with E-state index in [0.717, 1.165) is 16.7 Å². The fourth-order valence-electron chi connectivity index (χ4n) is 3.52. The Balaban J connectivity index is 1.77. The molecule has 7 nitrogen and oxygen atoms in total. The number of carbonyl (C=O) groups is 2. The highest BCUT2D eigenvalue weighted by Crippen LogP contribution is 2.27. The molecule has 31 heavy (non-hydrogen) atoms. The van der Waals surface area contributed by atoms with E-state index in [1.165, 1.54) is 6.20 Å². The maximum absolute atomic E-state index is 12.6. The van der Waals surface area contributed by atoms with Crippen molar-refractivity contribution < 1.29 is 14.3 Å². The van der Waals surface area contributed by atoms with Gasteiger partial charge in [-0.15, -0.1) is 0 Å². The number of hydrogen-bond acceptors (Lipinski definition) is 5. The van der Waals surface area contributed by atoms with Crippen LogP contribution in [0.4, 0.5) is 0 Å². The first-order valence-corrected chi connectivity index (χ1v) is 10.4. The average Bonchev–Trinajstić information content (AvgIpc) is 3.30. The van der Waals surface area contributed by atoms with Crippen molar-refractivity contribution in [2.45, 2.75) is 39.7 Å². The monoisotopic (exact) mass is 420 g/mol. The Hall–Kier alpha value is -3.48. The van der Waals surface area contributed by atoms with Crippen LogP contribution >= 0.6 is 0 Å². The topological polar surface area (TPSA) is 97.0 Å². The van der Waals surface area contributed by atoms with Gasteiger partial charge in [0.05, 0.1) is 18.2 Å². The highest BCUT2D eigenvalue weighted by atomic mass is 16.5. The second-order valence-electron chi connectivity index (χ2n) is 8.10. The first-order chi connectivity index (χ1) is 14.9. The van der Waals surface area contributed by atoms with Crippen molar-refractivity contribution in [1.29, 1.82) is 0 Å². The van der Waals surface area contributed by atoms with Crippen molar-refractivity contribution in [3.8, 4) is 11.1 Å². The summed E-state index contributed by atoms with van der Waals surface area (Å²) in [7, 11) is 0. The highest BCUT2D eigenvalue weighted by Gasteiger charge is 2.33. The Kier molecular flexibility index (Phi) is 7.18. The molecule has 1 heterocycles. The van der Waals surface area contributed by atoms with Crippen molar-refractivity contribution >= 4 is 11.9 Å². The zero-order valence-corrected chi connectivity index (χ0v) is 18.1. The molecule has 0 saturated carbocycles. The minimum Gasteiger partial charge on any atom is -0.466 e. The molecule has 0 spiro atoms. The van der Waals surface area contributed by atoms with Gasteiger partial charge in [-0.25, -0.2) is 0 Å². The van der Waals surface area contributed by atoms with Gasteiger partial charge in [0.25, 0.3) is 5.91 Å². The van der Waals surface area contributed by atoms with Gasteiger partial charge < -0.3 is 10.1 Å². The third kappa shape index (κ3) is 6.01. The van der Waals surface area contributed by atoms with Crippen LogP contribution in [0.2, 0.25) is 0 Å². The molecule has 0 fully saturated rings. The van der Waals surface area contributed by atoms with Crippen LogP contribution in [0.1, 0.15) is 43.2 Å². The van der Waals surface area contributed by atoms with Crippen LogP contribution in [0.5, 0.6) is 0 Å². The molecule has 0 aliphatic rings. The van der Waals surface area contributed by atoms with E-state index < -0.39 is 5.41 Å². The average molecular weight is 421 g/mol. The molecule has 0 radical (unpaired) electrons. The van der Waals surface area contributed by atoms with Gasteiger partial charge in [0.2, 0.25) is 0 Å². The van der Waals surface area contributed by atoms with Gasteiger partial charge in [-0.1, -0.05) is 54.6 Å². The van der Waals surface area contributed by atoms with Crippen LogP contribution in [0.25, 0.3) is 11.1 Å². The van der Waals surface area contributed by atoms with Gasteiger partial charge in [0.1, 0.15) is 0 Å². The molecule has 0 bridgehead atoms. The van der Waals surface area contributed by atoms with Crippen molar-refractivity contribution in [3.05, 3.63) is 72.1 Å². The number of amides is 1. The quantitative estimate of drug-likeness (QED) is 0.513. The molecule has 2 aromatic carbocycles. The maximum atomic E-state index is 12.6. The summed E-state index contributed by atoms with van der Waals surface area (Å²) in [5, 5.41) is 13.0. The van der Waals surface area contributed by atoms with E-state index in [2.05, 4.69) is 57.1 Å². The lowest BCUT2D eigenvalue weighted by Gasteiger charge is -2.28. The van der Waals surface area contributed by atoms with Gasteiger partial charge >= 0.3 is 5.97 Å². The lowest BCUT2D eigenvalue weighted by molar-refractivity contribution is -0.154. The number of esters is 1. The summed E-state index contributed by atoms with van der Waals surface area (Å²) in [5.41, 5.74) is 2.79. The van der Waals surface area contributed by atoms with Gasteiger partial charge in [0.15, 0.2) is 5.69 Å². The first kappa shape index (κ1) is 22.2. The molecular formula is C24H28N4O3. The lowest BCUT2D eigenvalue weighted by atomic mass is 9.83. The van der Waals surface area contributed by atoms with E-state index in [1.807, 2.05) is 32.0 Å². The number of nitrogens with zero attached hydrogens (tertiary/aromatic N) is 2. The van der Waals surface area contributed by atoms with E-state index in [-0.39, 0.29) is 23.6 Å². The number of aromatic amines is 1. The molecule has 3 aromatic rings. The molecule has 162 valence electrons. The summed E-state index contributed by atoms with van der Waals surface area (Å²) in [6, 6.07) is 18.1. The number of benzene rings is 2. The van der Waals surface area contributed by atoms with Gasteiger partial charge in [-0.3, -0.25) is 9.59 Å². The standard InChI is InChI=1S/C24H28N4O3/c1-4-31-23(30)24(2,3)15-20(26-22(29)21-16-25-28-27-21)14-17-10-12-19(13-11-17)18-8-6-5-7-9-18/h5-13,16,20H,4,14-15H2,1-3H3,(H,26,29)(H,25,27,28)/t20-/m1/s1. The van der Waals surface area contributed by atoms with Crippen LogP contribution < -0.4 is 5.32 Å². The zero-order valence-electron chi connectivity index (χ0n) is 18.1. The molecule has 1 atom stereocenters. The van der Waals surface area contributed by atoms with E-state index in [4.69, 9.17) is 4.74 Å². The summed E-state index contributed by atoms with van der Waals surface area (Å²) in [5.74, 6) is -0.616. The van der Waals surface area contributed by atoms with E-state index in [1.54, 1.807) is 6.92 Å². The normalized spacial score (nSPS) is 12.2. The van der Waals surface area contributed by atoms with Gasteiger partial charge in [0, 0.05) is 6.04 Å². The molecule has 2 N–H and O–H groups in total. The van der Waals surface area contributed by atoms with Crippen LogP contribution in [0.15, 0.2) is 60.8 Å². The lowest BCUT2D eigenvalue weighted by Crippen LogP contribution is -2.42. The van der Waals surface area contributed by atoms with Crippen molar-refractivity contribution in [3.63, 3.8) is 0 Å². The summed E-state index contributed by atoms with van der Waals surface area (Å²) in [4.78, 5) is 25.0. The summed E-state index contributed by atoms with van der Waals surface area (Å²) < 4.78 is 5.22. The van der Waals surface area contributed by atoms with Crippen molar-refractivity contribution in [1.82, 2.24) is 20.7 Å². The van der Waals surface area contributed by atoms with Gasteiger partial charge in [-0.05, 0) is 50.3 Å². The SMILES string of the molecule is CCOC(=O)C(C)(C)C[C@@H](Cc1ccc(-c2ccccc2)cc1)NC(=O)c1cn[nH]n1. The molecular weight excluding hydrogens is 392 g/mol. The molecule has 0 aliphatic heterocycles. The molecule has 0 saturated heterocycles. The number of rotatable bonds is 9. The smallest absolute Gasteiger partial charge is 0.311 e. The number of nitrogens with one attached hydrogen (secondary N) is 2. The third-order valence-electron chi connectivity index (χ3n) is 5.11. The number of carbonyl (C=O) groups excluding carboxylic acids is 2. The van der Waals surface area contributed by atoms with E-state index in [9.17, 15) is 9.59 Å². The minimum atomic E-state index is -0.748. The highest BCUT2D eigenvalue weighted by molar-refractivity contribution is 5.92. The summed E-state index contributed by atoms with van der Waals surface area (Å²) in [6.45, 7) is 5.77. The van der Waals surface area contributed by atoms with Crippen LogP contribution in [0, 0.1) is 5.41 Å². The number of hydrogen-bond donors (Lipinski definition) is 2. The molecule has 0 unspecified atom stereocenters. The number of H-pyrrole nitrogens is 1.